The largest absolute Gasteiger partial charge is 0.493 e. The van der Waals surface area contributed by atoms with Crippen LogP contribution in [0.5, 0.6) is 17.2 Å². The second kappa shape index (κ2) is 9.83. The molecule has 0 atom stereocenters. The van der Waals surface area contributed by atoms with E-state index in [1.54, 1.807) is 37.3 Å². The molecule has 3 aromatic rings. The third-order valence-electron chi connectivity index (χ3n) is 4.99. The molecule has 0 saturated carbocycles. The molecule has 0 aliphatic carbocycles. The van der Waals surface area contributed by atoms with Crippen molar-refractivity contribution in [1.29, 1.82) is 0 Å². The van der Waals surface area contributed by atoms with Crippen LogP contribution in [0.4, 0.5) is 11.4 Å². The number of hydrogen-bond donors (Lipinski definition) is 2. The van der Waals surface area contributed by atoms with Crippen molar-refractivity contribution in [2.24, 2.45) is 0 Å². The summed E-state index contributed by atoms with van der Waals surface area (Å²) >= 11 is 0. The van der Waals surface area contributed by atoms with Crippen molar-refractivity contribution >= 4 is 27.3 Å². The minimum atomic E-state index is -3.89. The van der Waals surface area contributed by atoms with E-state index in [9.17, 15) is 13.2 Å². The maximum absolute atomic E-state index is 13.0. The van der Waals surface area contributed by atoms with Crippen LogP contribution in [0.1, 0.15) is 21.5 Å². The molecule has 0 saturated heterocycles. The van der Waals surface area contributed by atoms with Crippen LogP contribution in [0.25, 0.3) is 0 Å². The van der Waals surface area contributed by atoms with E-state index in [2.05, 4.69) is 10.0 Å². The molecule has 0 fully saturated rings. The Morgan fingerprint density at radius 3 is 1.94 bits per heavy atom. The first kappa shape index (κ1) is 23.9. The number of benzene rings is 3. The number of amides is 1. The summed E-state index contributed by atoms with van der Waals surface area (Å²) < 4.78 is 44.2. The van der Waals surface area contributed by atoms with Crippen molar-refractivity contribution in [1.82, 2.24) is 0 Å². The van der Waals surface area contributed by atoms with E-state index < -0.39 is 15.9 Å². The minimum absolute atomic E-state index is 0.0243. The Hall–Kier alpha value is -3.72. The van der Waals surface area contributed by atoms with E-state index >= 15 is 0 Å². The topological polar surface area (TPSA) is 103 Å². The zero-order chi connectivity index (χ0) is 24.2. The van der Waals surface area contributed by atoms with E-state index in [1.807, 2.05) is 19.1 Å². The van der Waals surface area contributed by atoms with Crippen LogP contribution in [0, 0.1) is 13.8 Å². The van der Waals surface area contributed by atoms with Gasteiger partial charge in [-0.2, -0.15) is 0 Å². The second-order valence-electron chi connectivity index (χ2n) is 7.32. The molecule has 174 valence electrons. The molecule has 0 heterocycles. The standard InChI is InChI=1S/C24H26N2O6S/c1-15-6-9-17(10-7-15)26-33(28,29)19-11-8-16(2)20(14-19)24(27)25-18-12-21(30-3)23(32-5)22(13-18)31-4/h6-14,26H,1-5H3,(H,25,27). The molecular formula is C24H26N2O6S. The molecule has 33 heavy (non-hydrogen) atoms. The van der Waals surface area contributed by atoms with Crippen LogP contribution in [0.3, 0.4) is 0 Å². The molecule has 0 bridgehead atoms. The Bertz CT molecular complexity index is 1250. The third-order valence-corrected chi connectivity index (χ3v) is 6.37. The third kappa shape index (κ3) is 5.38. The fourth-order valence-electron chi connectivity index (χ4n) is 3.20. The number of ether oxygens (including phenoxy) is 3. The van der Waals surface area contributed by atoms with Crippen LogP contribution in [-0.2, 0) is 10.0 Å². The quantitative estimate of drug-likeness (QED) is 0.506. The SMILES string of the molecule is COc1cc(NC(=O)c2cc(S(=O)(=O)Nc3ccc(C)cc3)ccc2C)cc(OC)c1OC. The number of hydrogen-bond acceptors (Lipinski definition) is 6. The van der Waals surface area contributed by atoms with Gasteiger partial charge in [0.1, 0.15) is 0 Å². The lowest BCUT2D eigenvalue weighted by Crippen LogP contribution is -2.17. The number of carbonyl (C=O) groups excluding carboxylic acids is 1. The monoisotopic (exact) mass is 470 g/mol. The molecule has 2 N–H and O–H groups in total. The Morgan fingerprint density at radius 2 is 1.39 bits per heavy atom. The van der Waals surface area contributed by atoms with E-state index in [0.717, 1.165) is 5.56 Å². The molecule has 9 heteroatoms. The molecule has 1 amide bonds. The molecular weight excluding hydrogens is 444 g/mol. The second-order valence-corrected chi connectivity index (χ2v) is 9.00. The van der Waals surface area contributed by atoms with Crippen LogP contribution in [-0.4, -0.2) is 35.7 Å². The van der Waals surface area contributed by atoms with E-state index in [4.69, 9.17) is 14.2 Å². The molecule has 0 aliphatic rings. The van der Waals surface area contributed by atoms with E-state index in [0.29, 0.717) is 34.2 Å². The summed E-state index contributed by atoms with van der Waals surface area (Å²) in [4.78, 5) is 13.0. The zero-order valence-corrected chi connectivity index (χ0v) is 19.9. The van der Waals surface area contributed by atoms with E-state index in [1.165, 1.54) is 33.5 Å². The van der Waals surface area contributed by atoms with E-state index in [-0.39, 0.29) is 10.5 Å². The van der Waals surface area contributed by atoms with Crippen molar-refractivity contribution in [2.45, 2.75) is 18.7 Å². The van der Waals surface area contributed by atoms with Gasteiger partial charge in [-0.05, 0) is 43.7 Å². The van der Waals surface area contributed by atoms with Crippen LogP contribution in [0.2, 0.25) is 0 Å². The van der Waals surface area contributed by atoms with Gasteiger partial charge in [0, 0.05) is 29.1 Å². The Balaban J connectivity index is 1.90. The lowest BCUT2D eigenvalue weighted by atomic mass is 10.1. The average Bonchev–Trinajstić information content (AvgIpc) is 2.79. The normalized spacial score (nSPS) is 10.9. The van der Waals surface area contributed by atoms with Crippen LogP contribution in [0.15, 0.2) is 59.5 Å². The van der Waals surface area contributed by atoms with Crippen LogP contribution >= 0.6 is 0 Å². The highest BCUT2D eigenvalue weighted by molar-refractivity contribution is 7.92. The molecule has 3 aromatic carbocycles. The number of anilines is 2. The highest BCUT2D eigenvalue weighted by atomic mass is 32.2. The summed E-state index contributed by atoms with van der Waals surface area (Å²) in [5.74, 6) is 0.670. The highest BCUT2D eigenvalue weighted by Crippen LogP contribution is 2.40. The molecule has 0 unspecified atom stereocenters. The maximum Gasteiger partial charge on any atom is 0.261 e. The predicted molar refractivity (Wildman–Crippen MR) is 127 cm³/mol. The summed E-state index contributed by atoms with van der Waals surface area (Å²) in [6.45, 7) is 3.64. The number of rotatable bonds is 8. The van der Waals surface area contributed by atoms with Gasteiger partial charge in [0.2, 0.25) is 5.75 Å². The minimum Gasteiger partial charge on any atom is -0.493 e. The molecule has 0 aliphatic heterocycles. The first-order valence-corrected chi connectivity index (χ1v) is 11.5. The maximum atomic E-state index is 13.0. The summed E-state index contributed by atoms with van der Waals surface area (Å²) in [6.07, 6.45) is 0. The summed E-state index contributed by atoms with van der Waals surface area (Å²) in [5.41, 5.74) is 2.69. The molecule has 0 radical (unpaired) electrons. The number of carbonyl (C=O) groups is 1. The number of methoxy groups -OCH3 is 3. The fourth-order valence-corrected chi connectivity index (χ4v) is 4.28. The van der Waals surface area contributed by atoms with Gasteiger partial charge in [-0.25, -0.2) is 8.42 Å². The average molecular weight is 471 g/mol. The zero-order valence-electron chi connectivity index (χ0n) is 19.1. The van der Waals surface area contributed by atoms with Crippen LogP contribution < -0.4 is 24.2 Å². The highest BCUT2D eigenvalue weighted by Gasteiger charge is 2.20. The van der Waals surface area contributed by atoms with Gasteiger partial charge in [0.15, 0.2) is 11.5 Å². The first-order valence-electron chi connectivity index (χ1n) is 10.00. The van der Waals surface area contributed by atoms with Gasteiger partial charge >= 0.3 is 0 Å². The lowest BCUT2D eigenvalue weighted by Gasteiger charge is -2.15. The molecule has 0 spiro atoms. The molecule has 8 nitrogen and oxygen atoms in total. The number of aryl methyl sites for hydroxylation is 2. The number of nitrogens with one attached hydrogen (secondary N) is 2. The summed E-state index contributed by atoms with van der Waals surface area (Å²) in [7, 11) is 0.545. The van der Waals surface area contributed by atoms with Crippen molar-refractivity contribution < 1.29 is 27.4 Å². The van der Waals surface area contributed by atoms with Crippen molar-refractivity contribution in [3.8, 4) is 17.2 Å². The first-order chi connectivity index (χ1) is 15.7. The summed E-state index contributed by atoms with van der Waals surface area (Å²) in [6, 6.07) is 14.6. The Kier molecular flexibility index (Phi) is 7.13. The molecule has 0 aromatic heterocycles. The number of sulfonamides is 1. The van der Waals surface area contributed by atoms with Crippen molar-refractivity contribution in [2.75, 3.05) is 31.4 Å². The van der Waals surface area contributed by atoms with Gasteiger partial charge in [0.25, 0.3) is 15.9 Å². The van der Waals surface area contributed by atoms with Gasteiger partial charge < -0.3 is 19.5 Å². The summed E-state index contributed by atoms with van der Waals surface area (Å²) in [5, 5.41) is 2.76. The van der Waals surface area contributed by atoms with Gasteiger partial charge in [-0.1, -0.05) is 23.8 Å². The Labute approximate surface area is 193 Å². The molecule has 3 rings (SSSR count). The van der Waals surface area contributed by atoms with Gasteiger partial charge in [-0.15, -0.1) is 0 Å². The smallest absolute Gasteiger partial charge is 0.261 e. The predicted octanol–water partition coefficient (Wildman–Crippen LogP) is 4.38. The Morgan fingerprint density at radius 1 is 0.788 bits per heavy atom. The fraction of sp³-hybridized carbons (Fsp3) is 0.208. The van der Waals surface area contributed by atoms with Crippen molar-refractivity contribution in [3.63, 3.8) is 0 Å². The van der Waals surface area contributed by atoms with Gasteiger partial charge in [0.05, 0.1) is 26.2 Å². The van der Waals surface area contributed by atoms with Gasteiger partial charge in [-0.3, -0.25) is 9.52 Å². The van der Waals surface area contributed by atoms with Crippen molar-refractivity contribution in [3.05, 3.63) is 71.3 Å². The lowest BCUT2D eigenvalue weighted by molar-refractivity contribution is 0.102.